The average Bonchev–Trinajstić information content (AvgIpc) is 3.27. The highest BCUT2D eigenvalue weighted by Crippen LogP contribution is 2.24. The summed E-state index contributed by atoms with van der Waals surface area (Å²) < 4.78 is 7.08. The molecule has 9 heteroatoms. The van der Waals surface area contributed by atoms with Gasteiger partial charge in [0.25, 0.3) is 5.91 Å². The molecule has 1 atom stereocenters. The predicted molar refractivity (Wildman–Crippen MR) is 119 cm³/mol. The number of nitrogens with zero attached hydrogens (tertiary/aromatic N) is 2. The summed E-state index contributed by atoms with van der Waals surface area (Å²) in [6, 6.07) is 6.81. The Balaban J connectivity index is 1.79. The van der Waals surface area contributed by atoms with Crippen LogP contribution in [0.15, 0.2) is 30.5 Å². The normalized spacial score (nSPS) is 12.0. The minimum absolute atomic E-state index is 0.262. The molecule has 154 valence electrons. The van der Waals surface area contributed by atoms with E-state index in [1.165, 1.54) is 11.3 Å². The van der Waals surface area contributed by atoms with Gasteiger partial charge in [-0.05, 0) is 49.6 Å². The van der Waals surface area contributed by atoms with Crippen molar-refractivity contribution >= 4 is 50.9 Å². The molecule has 3 rings (SSSR count). The largest absolute Gasteiger partial charge is 0.497 e. The van der Waals surface area contributed by atoms with Crippen molar-refractivity contribution in [2.75, 3.05) is 24.4 Å². The standard InChI is InChI=1S/C20H24N4O3S2/c1-12-11-21-20(29-12)23-18(25)15(7-8-28-4)22-19(26)17-10-13-9-14(27-3)5-6-16(13)24(17)2/h5-6,9-11,15H,7-8H2,1-4H3,(H,22,26)(H,21,23,25)/t15-/m0/s1. The van der Waals surface area contributed by atoms with E-state index < -0.39 is 6.04 Å². The Kier molecular flexibility index (Phi) is 6.81. The van der Waals surface area contributed by atoms with Crippen LogP contribution < -0.4 is 15.4 Å². The fourth-order valence-corrected chi connectivity index (χ4v) is 4.15. The lowest BCUT2D eigenvalue weighted by Gasteiger charge is -2.17. The molecule has 7 nitrogen and oxygen atoms in total. The summed E-state index contributed by atoms with van der Waals surface area (Å²) in [5.74, 6) is 0.925. The maximum Gasteiger partial charge on any atom is 0.268 e. The Morgan fingerprint density at radius 2 is 2.14 bits per heavy atom. The maximum atomic E-state index is 13.0. The van der Waals surface area contributed by atoms with Gasteiger partial charge in [-0.2, -0.15) is 11.8 Å². The molecule has 3 aromatic rings. The van der Waals surface area contributed by atoms with Crippen LogP contribution in [0.25, 0.3) is 10.9 Å². The summed E-state index contributed by atoms with van der Waals surface area (Å²) in [6.07, 6.45) is 4.21. The van der Waals surface area contributed by atoms with E-state index in [0.717, 1.165) is 27.3 Å². The van der Waals surface area contributed by atoms with Gasteiger partial charge in [-0.25, -0.2) is 4.98 Å². The molecule has 0 aliphatic carbocycles. The predicted octanol–water partition coefficient (Wildman–Crippen LogP) is 3.44. The van der Waals surface area contributed by atoms with Crippen LogP contribution in [0.2, 0.25) is 0 Å². The summed E-state index contributed by atoms with van der Waals surface area (Å²) in [5.41, 5.74) is 1.40. The van der Waals surface area contributed by atoms with Gasteiger partial charge in [0.05, 0.1) is 7.11 Å². The summed E-state index contributed by atoms with van der Waals surface area (Å²) in [6.45, 7) is 1.93. The van der Waals surface area contributed by atoms with Gasteiger partial charge in [-0.15, -0.1) is 11.3 Å². The molecule has 2 heterocycles. The van der Waals surface area contributed by atoms with E-state index >= 15 is 0 Å². The molecule has 0 bridgehead atoms. The first-order chi connectivity index (χ1) is 13.9. The number of fused-ring (bicyclic) bond motifs is 1. The molecule has 0 aliphatic rings. The third-order valence-corrected chi connectivity index (χ3v) is 6.04. The molecule has 0 saturated carbocycles. The summed E-state index contributed by atoms with van der Waals surface area (Å²) in [7, 11) is 3.44. The number of carbonyl (C=O) groups is 2. The SMILES string of the molecule is COc1ccc2c(c1)cc(C(=O)N[C@@H](CCSC)C(=O)Nc1ncc(C)s1)n2C. The number of nitrogens with one attached hydrogen (secondary N) is 2. The van der Waals surface area contributed by atoms with Crippen molar-refractivity contribution in [3.05, 3.63) is 41.0 Å². The van der Waals surface area contributed by atoms with Gasteiger partial charge in [0.1, 0.15) is 17.5 Å². The number of aromatic nitrogens is 2. The molecular formula is C20H24N4O3S2. The number of anilines is 1. The first-order valence-electron chi connectivity index (χ1n) is 9.09. The minimum Gasteiger partial charge on any atom is -0.497 e. The van der Waals surface area contributed by atoms with Gasteiger partial charge in [0, 0.05) is 29.0 Å². The van der Waals surface area contributed by atoms with Crippen molar-refractivity contribution in [3.8, 4) is 5.75 Å². The Morgan fingerprint density at radius 1 is 1.34 bits per heavy atom. The average molecular weight is 433 g/mol. The first-order valence-corrected chi connectivity index (χ1v) is 11.3. The fraction of sp³-hybridized carbons (Fsp3) is 0.350. The molecule has 2 N–H and O–H groups in total. The Morgan fingerprint density at radius 3 is 2.79 bits per heavy atom. The van der Waals surface area contributed by atoms with Gasteiger partial charge in [0.2, 0.25) is 5.91 Å². The number of amides is 2. The molecule has 29 heavy (non-hydrogen) atoms. The van der Waals surface area contributed by atoms with Crippen molar-refractivity contribution < 1.29 is 14.3 Å². The third-order valence-electron chi connectivity index (χ3n) is 4.57. The van der Waals surface area contributed by atoms with Crippen molar-refractivity contribution in [2.24, 2.45) is 7.05 Å². The van der Waals surface area contributed by atoms with Gasteiger partial charge in [0.15, 0.2) is 5.13 Å². The van der Waals surface area contributed by atoms with Crippen LogP contribution in [0.1, 0.15) is 21.8 Å². The molecule has 0 saturated heterocycles. The number of thiazole rings is 1. The molecule has 0 aliphatic heterocycles. The number of rotatable bonds is 8. The number of hydrogen-bond acceptors (Lipinski definition) is 6. The summed E-state index contributed by atoms with van der Waals surface area (Å²) >= 11 is 3.03. The molecule has 0 unspecified atom stereocenters. The highest BCUT2D eigenvalue weighted by Gasteiger charge is 2.24. The number of aryl methyl sites for hydroxylation is 2. The lowest BCUT2D eigenvalue weighted by Crippen LogP contribution is -2.44. The smallest absolute Gasteiger partial charge is 0.268 e. The molecule has 1 aromatic carbocycles. The maximum absolute atomic E-state index is 13.0. The lowest BCUT2D eigenvalue weighted by atomic mass is 10.2. The van der Waals surface area contributed by atoms with Crippen LogP contribution in [0.4, 0.5) is 5.13 Å². The van der Waals surface area contributed by atoms with Crippen molar-refractivity contribution in [2.45, 2.75) is 19.4 Å². The Bertz CT molecular complexity index is 1030. The zero-order valence-electron chi connectivity index (χ0n) is 16.8. The van der Waals surface area contributed by atoms with E-state index in [-0.39, 0.29) is 11.8 Å². The monoisotopic (exact) mass is 432 g/mol. The molecule has 2 amide bonds. The molecule has 2 aromatic heterocycles. The van der Waals surface area contributed by atoms with Gasteiger partial charge < -0.3 is 19.9 Å². The van der Waals surface area contributed by atoms with Crippen molar-refractivity contribution in [1.29, 1.82) is 0 Å². The van der Waals surface area contributed by atoms with Crippen LogP contribution in [-0.2, 0) is 11.8 Å². The second-order valence-electron chi connectivity index (χ2n) is 6.59. The van der Waals surface area contributed by atoms with Crippen molar-refractivity contribution in [1.82, 2.24) is 14.9 Å². The zero-order valence-corrected chi connectivity index (χ0v) is 18.4. The number of hydrogen-bond donors (Lipinski definition) is 2. The fourth-order valence-electron chi connectivity index (χ4n) is 3.01. The van der Waals surface area contributed by atoms with Crippen molar-refractivity contribution in [3.63, 3.8) is 0 Å². The minimum atomic E-state index is -0.647. The summed E-state index contributed by atoms with van der Waals surface area (Å²) in [5, 5.41) is 7.13. The molecular weight excluding hydrogens is 408 g/mol. The second-order valence-corrected chi connectivity index (χ2v) is 8.81. The Labute approximate surface area is 177 Å². The quantitative estimate of drug-likeness (QED) is 0.570. The van der Waals surface area contributed by atoms with Crippen LogP contribution in [0, 0.1) is 6.92 Å². The molecule has 0 spiro atoms. The van der Waals surface area contributed by atoms with Crippen LogP contribution in [0.5, 0.6) is 5.75 Å². The highest BCUT2D eigenvalue weighted by atomic mass is 32.2. The third kappa shape index (κ3) is 4.91. The van der Waals surface area contributed by atoms with Gasteiger partial charge >= 0.3 is 0 Å². The molecule has 0 radical (unpaired) electrons. The van der Waals surface area contributed by atoms with Gasteiger partial charge in [-0.1, -0.05) is 0 Å². The molecule has 0 fully saturated rings. The van der Waals surface area contributed by atoms with Crippen LogP contribution >= 0.6 is 23.1 Å². The van der Waals surface area contributed by atoms with E-state index in [2.05, 4.69) is 15.6 Å². The van der Waals surface area contributed by atoms with Crippen LogP contribution in [-0.4, -0.2) is 46.5 Å². The van der Waals surface area contributed by atoms with E-state index in [1.54, 1.807) is 31.1 Å². The van der Waals surface area contributed by atoms with E-state index in [1.807, 2.05) is 43.0 Å². The number of ether oxygens (including phenoxy) is 1. The second kappa shape index (κ2) is 9.32. The number of benzene rings is 1. The zero-order chi connectivity index (χ0) is 21.0. The summed E-state index contributed by atoms with van der Waals surface area (Å²) in [4.78, 5) is 30.9. The highest BCUT2D eigenvalue weighted by molar-refractivity contribution is 7.98. The number of carbonyl (C=O) groups excluding carboxylic acids is 2. The lowest BCUT2D eigenvalue weighted by molar-refractivity contribution is -0.118. The number of thioether (sulfide) groups is 1. The van der Waals surface area contributed by atoms with Gasteiger partial charge in [-0.3, -0.25) is 9.59 Å². The van der Waals surface area contributed by atoms with Crippen LogP contribution in [0.3, 0.4) is 0 Å². The van der Waals surface area contributed by atoms with E-state index in [9.17, 15) is 9.59 Å². The topological polar surface area (TPSA) is 85.2 Å². The number of methoxy groups -OCH3 is 1. The van der Waals surface area contributed by atoms with E-state index in [0.29, 0.717) is 17.2 Å². The van der Waals surface area contributed by atoms with E-state index in [4.69, 9.17) is 4.74 Å². The Hall–Kier alpha value is -2.52. The first kappa shape index (κ1) is 21.2.